The smallest absolute Gasteiger partial charge is 0.307 e. The zero-order chi connectivity index (χ0) is 12.7. The fourth-order valence-electron chi connectivity index (χ4n) is 1.57. The number of rotatable bonds is 7. The number of amides is 1. The molecule has 1 rings (SSSR count). The molecule has 0 spiro atoms. The van der Waals surface area contributed by atoms with E-state index < -0.39 is 0 Å². The molecule has 1 aliphatic rings. The molecule has 94 valence electrons. The van der Waals surface area contributed by atoms with Crippen LogP contribution in [0.3, 0.4) is 0 Å². The fourth-order valence-corrected chi connectivity index (χ4v) is 1.57. The van der Waals surface area contributed by atoms with Crippen LogP contribution < -0.4 is 0 Å². The monoisotopic (exact) mass is 238 g/mol. The lowest BCUT2D eigenvalue weighted by Crippen LogP contribution is -2.35. The number of nitriles is 1. The van der Waals surface area contributed by atoms with Crippen LogP contribution in [-0.2, 0) is 14.3 Å². The van der Waals surface area contributed by atoms with Gasteiger partial charge in [0.15, 0.2) is 0 Å². The van der Waals surface area contributed by atoms with E-state index in [4.69, 9.17) is 10.00 Å². The highest BCUT2D eigenvalue weighted by Gasteiger charge is 2.33. The van der Waals surface area contributed by atoms with Gasteiger partial charge in [0.05, 0.1) is 25.5 Å². The number of carbonyl (C=O) groups is 2. The molecule has 1 amide bonds. The number of ether oxygens (including phenoxy) is 1. The Labute approximate surface area is 101 Å². The van der Waals surface area contributed by atoms with Gasteiger partial charge in [-0.3, -0.25) is 9.59 Å². The largest absolute Gasteiger partial charge is 0.466 e. The maximum absolute atomic E-state index is 11.8. The number of esters is 1. The van der Waals surface area contributed by atoms with E-state index in [-0.39, 0.29) is 24.2 Å². The predicted octanol–water partition coefficient (Wildman–Crippen LogP) is 1.09. The van der Waals surface area contributed by atoms with Crippen molar-refractivity contribution in [3.63, 3.8) is 0 Å². The van der Waals surface area contributed by atoms with Crippen LogP contribution in [0.1, 0.15) is 32.6 Å². The normalized spacial score (nSPS) is 13.9. The van der Waals surface area contributed by atoms with Crippen LogP contribution in [0.15, 0.2) is 0 Å². The van der Waals surface area contributed by atoms with Crippen LogP contribution in [0.5, 0.6) is 0 Å². The molecule has 0 bridgehead atoms. The van der Waals surface area contributed by atoms with E-state index in [0.29, 0.717) is 26.1 Å². The average molecular weight is 238 g/mol. The molecular formula is C12H18N2O3. The molecule has 0 aromatic heterocycles. The van der Waals surface area contributed by atoms with Crippen molar-refractivity contribution in [1.29, 1.82) is 5.26 Å². The summed E-state index contributed by atoms with van der Waals surface area (Å²) in [6, 6.07) is 2.02. The summed E-state index contributed by atoms with van der Waals surface area (Å²) in [5.74, 6) is -0.0986. The van der Waals surface area contributed by atoms with Gasteiger partial charge in [0.1, 0.15) is 0 Å². The molecule has 0 aliphatic heterocycles. The van der Waals surface area contributed by atoms with Gasteiger partial charge in [-0.25, -0.2) is 0 Å². The van der Waals surface area contributed by atoms with Crippen molar-refractivity contribution in [2.75, 3.05) is 19.7 Å². The first kappa shape index (κ1) is 13.5. The summed E-state index contributed by atoms with van der Waals surface area (Å²) >= 11 is 0. The Morgan fingerprint density at radius 1 is 1.41 bits per heavy atom. The van der Waals surface area contributed by atoms with Crippen molar-refractivity contribution in [2.45, 2.75) is 32.6 Å². The van der Waals surface area contributed by atoms with Gasteiger partial charge in [0.25, 0.3) is 0 Å². The molecule has 0 aromatic carbocycles. The molecular weight excluding hydrogens is 220 g/mol. The second-order valence-corrected chi connectivity index (χ2v) is 4.06. The predicted molar refractivity (Wildman–Crippen MR) is 60.8 cm³/mol. The van der Waals surface area contributed by atoms with Gasteiger partial charge in [0, 0.05) is 19.0 Å². The molecule has 1 aliphatic carbocycles. The first-order chi connectivity index (χ1) is 8.19. The zero-order valence-electron chi connectivity index (χ0n) is 10.1. The first-order valence-electron chi connectivity index (χ1n) is 6.00. The summed E-state index contributed by atoms with van der Waals surface area (Å²) in [5.41, 5.74) is 0. The minimum atomic E-state index is -0.293. The maximum Gasteiger partial charge on any atom is 0.307 e. The number of carbonyl (C=O) groups excluding carboxylic acids is 2. The fraction of sp³-hybridized carbons (Fsp3) is 0.750. The third kappa shape index (κ3) is 4.85. The van der Waals surface area contributed by atoms with Gasteiger partial charge in [-0.15, -0.1) is 0 Å². The van der Waals surface area contributed by atoms with E-state index in [2.05, 4.69) is 0 Å². The Balaban J connectivity index is 2.37. The van der Waals surface area contributed by atoms with Gasteiger partial charge < -0.3 is 9.64 Å². The van der Waals surface area contributed by atoms with E-state index in [1.54, 1.807) is 11.8 Å². The van der Waals surface area contributed by atoms with Crippen LogP contribution in [0, 0.1) is 17.2 Å². The van der Waals surface area contributed by atoms with Crippen molar-refractivity contribution < 1.29 is 14.3 Å². The third-order valence-electron chi connectivity index (χ3n) is 2.62. The van der Waals surface area contributed by atoms with Crippen LogP contribution in [-0.4, -0.2) is 36.5 Å². The topological polar surface area (TPSA) is 70.4 Å². The number of hydrogen-bond acceptors (Lipinski definition) is 4. The van der Waals surface area contributed by atoms with Gasteiger partial charge in [-0.1, -0.05) is 0 Å². The summed E-state index contributed by atoms with van der Waals surface area (Å²) in [7, 11) is 0. The Kier molecular flexibility index (Phi) is 5.47. The molecule has 17 heavy (non-hydrogen) atoms. The van der Waals surface area contributed by atoms with Gasteiger partial charge in [0.2, 0.25) is 5.91 Å². The van der Waals surface area contributed by atoms with E-state index in [1.165, 1.54) is 0 Å². The van der Waals surface area contributed by atoms with E-state index in [1.807, 2.05) is 6.07 Å². The lowest BCUT2D eigenvalue weighted by atomic mass is 10.3. The van der Waals surface area contributed by atoms with Crippen LogP contribution in [0.2, 0.25) is 0 Å². The van der Waals surface area contributed by atoms with Crippen molar-refractivity contribution in [2.24, 2.45) is 5.92 Å². The summed E-state index contributed by atoms with van der Waals surface area (Å²) < 4.78 is 4.81. The highest BCUT2D eigenvalue weighted by atomic mass is 16.5. The molecule has 0 atom stereocenters. The van der Waals surface area contributed by atoms with Gasteiger partial charge >= 0.3 is 5.97 Å². The van der Waals surface area contributed by atoms with Crippen molar-refractivity contribution in [1.82, 2.24) is 4.90 Å². The van der Waals surface area contributed by atoms with E-state index in [0.717, 1.165) is 12.8 Å². The Hall–Kier alpha value is -1.57. The number of nitrogens with zero attached hydrogens (tertiary/aromatic N) is 2. The lowest BCUT2D eigenvalue weighted by Gasteiger charge is -2.21. The van der Waals surface area contributed by atoms with Gasteiger partial charge in [-0.05, 0) is 19.8 Å². The highest BCUT2D eigenvalue weighted by molar-refractivity contribution is 5.81. The van der Waals surface area contributed by atoms with Crippen LogP contribution >= 0.6 is 0 Å². The molecule has 0 saturated heterocycles. The Bertz CT molecular complexity index is 318. The molecule has 0 heterocycles. The summed E-state index contributed by atoms with van der Waals surface area (Å²) in [6.07, 6.45) is 2.38. The Morgan fingerprint density at radius 2 is 2.12 bits per heavy atom. The molecule has 5 nitrogen and oxygen atoms in total. The zero-order valence-corrected chi connectivity index (χ0v) is 10.1. The van der Waals surface area contributed by atoms with Crippen molar-refractivity contribution >= 4 is 11.9 Å². The van der Waals surface area contributed by atoms with E-state index >= 15 is 0 Å². The molecule has 0 unspecified atom stereocenters. The average Bonchev–Trinajstić information content (AvgIpc) is 3.12. The summed E-state index contributed by atoms with van der Waals surface area (Å²) in [6.45, 7) is 2.87. The standard InChI is InChI=1S/C12H18N2O3/c1-2-17-11(15)6-9-14(8-3-7-13)12(16)10-4-5-10/h10H,2-6,8-9H2,1H3. The highest BCUT2D eigenvalue weighted by Crippen LogP contribution is 2.31. The molecule has 5 heteroatoms. The minimum absolute atomic E-state index is 0.0737. The second kappa shape index (κ2) is 6.89. The van der Waals surface area contributed by atoms with Crippen molar-refractivity contribution in [3.05, 3.63) is 0 Å². The molecule has 0 radical (unpaired) electrons. The Morgan fingerprint density at radius 3 is 2.65 bits per heavy atom. The maximum atomic E-state index is 11.8. The van der Waals surface area contributed by atoms with E-state index in [9.17, 15) is 9.59 Å². The third-order valence-corrected chi connectivity index (χ3v) is 2.62. The SMILES string of the molecule is CCOC(=O)CCN(CCC#N)C(=O)C1CC1. The minimum Gasteiger partial charge on any atom is -0.466 e. The molecule has 0 aromatic rings. The quantitative estimate of drug-likeness (QED) is 0.622. The van der Waals surface area contributed by atoms with Crippen molar-refractivity contribution in [3.8, 4) is 6.07 Å². The lowest BCUT2D eigenvalue weighted by molar-refractivity contribution is -0.144. The molecule has 1 fully saturated rings. The second-order valence-electron chi connectivity index (χ2n) is 4.06. The first-order valence-corrected chi connectivity index (χ1v) is 6.00. The molecule has 1 saturated carbocycles. The summed E-state index contributed by atoms with van der Waals surface area (Å²) in [5, 5.41) is 8.53. The van der Waals surface area contributed by atoms with Crippen LogP contribution in [0.4, 0.5) is 0 Å². The number of hydrogen-bond donors (Lipinski definition) is 0. The van der Waals surface area contributed by atoms with Crippen LogP contribution in [0.25, 0.3) is 0 Å². The molecule has 0 N–H and O–H groups in total. The van der Waals surface area contributed by atoms with Gasteiger partial charge in [-0.2, -0.15) is 5.26 Å². The summed E-state index contributed by atoms with van der Waals surface area (Å²) in [4.78, 5) is 24.7.